The Balaban J connectivity index is 1.97. The van der Waals surface area contributed by atoms with Gasteiger partial charge in [0.25, 0.3) is 0 Å². The smallest absolute Gasteiger partial charge is 0.175 e. The highest BCUT2D eigenvalue weighted by atomic mass is 16.7. The van der Waals surface area contributed by atoms with Gasteiger partial charge in [0.15, 0.2) is 6.29 Å². The van der Waals surface area contributed by atoms with E-state index in [-0.39, 0.29) is 12.7 Å². The van der Waals surface area contributed by atoms with Crippen LogP contribution in [0, 0.1) is 0 Å². The number of aliphatic hydroxyl groups is 3. The SMILES string of the molecule is CCCCCCCCCCCCCCCCOC[C@H](COC1OC(CO)C(O)C(O)C1N)OC. The fraction of sp³-hybridized carbons (Fsp3) is 1.00. The number of methoxy groups -OCH3 is 1. The molecule has 0 saturated carbocycles. The number of unbranched alkanes of at least 4 members (excludes halogenated alkanes) is 13. The van der Waals surface area contributed by atoms with Crippen LogP contribution in [0.2, 0.25) is 0 Å². The van der Waals surface area contributed by atoms with Gasteiger partial charge in [-0.05, 0) is 6.42 Å². The summed E-state index contributed by atoms with van der Waals surface area (Å²) in [6.07, 6.45) is 14.0. The van der Waals surface area contributed by atoms with Crippen LogP contribution in [0.25, 0.3) is 0 Å². The van der Waals surface area contributed by atoms with Crippen molar-refractivity contribution in [3.63, 3.8) is 0 Å². The molecule has 0 aliphatic carbocycles. The second-order valence-corrected chi connectivity index (χ2v) is 9.65. The molecule has 1 heterocycles. The van der Waals surface area contributed by atoms with Crippen LogP contribution in [0.4, 0.5) is 0 Å². The standard InChI is InChI=1S/C26H53NO7/c1-3-4-5-6-7-8-9-10-11-12-13-14-15-16-17-32-19-21(31-2)20-33-26-23(27)25(30)24(29)22(18-28)34-26/h21-26,28-30H,3-20,27H2,1-2H3/t21-,22?,23?,24?,25?,26?/m1/s1. The molecule has 0 aromatic rings. The van der Waals surface area contributed by atoms with Gasteiger partial charge in [-0.25, -0.2) is 0 Å². The zero-order chi connectivity index (χ0) is 25.0. The van der Waals surface area contributed by atoms with Gasteiger partial charge in [-0.2, -0.15) is 0 Å². The maximum absolute atomic E-state index is 10.00. The van der Waals surface area contributed by atoms with Gasteiger partial charge in [0.2, 0.25) is 0 Å². The van der Waals surface area contributed by atoms with Crippen LogP contribution >= 0.6 is 0 Å². The van der Waals surface area contributed by atoms with Crippen molar-refractivity contribution in [1.29, 1.82) is 0 Å². The summed E-state index contributed by atoms with van der Waals surface area (Å²) < 4.78 is 22.2. The van der Waals surface area contributed by atoms with Crippen molar-refractivity contribution in [2.45, 2.75) is 134 Å². The van der Waals surface area contributed by atoms with E-state index < -0.39 is 37.3 Å². The van der Waals surface area contributed by atoms with Crippen molar-refractivity contribution in [2.75, 3.05) is 33.5 Å². The first kappa shape index (κ1) is 31.7. The quantitative estimate of drug-likeness (QED) is 0.170. The Morgan fingerprint density at radius 2 is 1.32 bits per heavy atom. The van der Waals surface area contributed by atoms with Crippen molar-refractivity contribution in [3.05, 3.63) is 0 Å². The molecule has 0 aromatic carbocycles. The highest BCUT2D eigenvalue weighted by Crippen LogP contribution is 2.21. The van der Waals surface area contributed by atoms with Crippen LogP contribution in [0.3, 0.4) is 0 Å². The molecule has 5 N–H and O–H groups in total. The lowest BCUT2D eigenvalue weighted by Crippen LogP contribution is -2.62. The van der Waals surface area contributed by atoms with Crippen LogP contribution in [0.15, 0.2) is 0 Å². The van der Waals surface area contributed by atoms with Gasteiger partial charge in [0.1, 0.15) is 24.4 Å². The third kappa shape index (κ3) is 13.7. The van der Waals surface area contributed by atoms with Gasteiger partial charge in [0, 0.05) is 13.7 Å². The van der Waals surface area contributed by atoms with E-state index in [2.05, 4.69) is 6.92 Å². The molecule has 0 spiro atoms. The molecular formula is C26H53NO7. The largest absolute Gasteiger partial charge is 0.394 e. The molecule has 1 aliphatic rings. The molecule has 1 aliphatic heterocycles. The van der Waals surface area contributed by atoms with E-state index in [0.717, 1.165) is 6.42 Å². The molecule has 1 saturated heterocycles. The lowest BCUT2D eigenvalue weighted by molar-refractivity contribution is -0.271. The number of rotatable bonds is 22. The third-order valence-electron chi connectivity index (χ3n) is 6.65. The summed E-state index contributed by atoms with van der Waals surface area (Å²) in [5.74, 6) is 0. The molecule has 34 heavy (non-hydrogen) atoms. The summed E-state index contributed by atoms with van der Waals surface area (Å²) in [5, 5.41) is 29.1. The lowest BCUT2D eigenvalue weighted by Gasteiger charge is -2.40. The third-order valence-corrected chi connectivity index (χ3v) is 6.65. The van der Waals surface area contributed by atoms with Gasteiger partial charge in [0.05, 0.1) is 25.9 Å². The Hall–Kier alpha value is -0.320. The molecule has 6 atom stereocenters. The van der Waals surface area contributed by atoms with Crippen molar-refractivity contribution in [2.24, 2.45) is 5.73 Å². The fourth-order valence-electron chi connectivity index (χ4n) is 4.25. The topological polar surface area (TPSA) is 124 Å². The van der Waals surface area contributed by atoms with Crippen LogP contribution in [-0.2, 0) is 18.9 Å². The number of ether oxygens (including phenoxy) is 4. The fourth-order valence-corrected chi connectivity index (χ4v) is 4.25. The number of hydrogen-bond acceptors (Lipinski definition) is 8. The summed E-state index contributed by atoms with van der Waals surface area (Å²) in [6, 6.07) is -0.910. The van der Waals surface area contributed by atoms with E-state index in [9.17, 15) is 15.3 Å². The lowest BCUT2D eigenvalue weighted by atomic mass is 9.98. The highest BCUT2D eigenvalue weighted by Gasteiger charge is 2.43. The molecule has 5 unspecified atom stereocenters. The highest BCUT2D eigenvalue weighted by molar-refractivity contribution is 4.91. The van der Waals surface area contributed by atoms with Gasteiger partial charge in [-0.1, -0.05) is 90.4 Å². The average molecular weight is 492 g/mol. The molecule has 1 rings (SSSR count). The number of hydrogen-bond donors (Lipinski definition) is 4. The first-order valence-corrected chi connectivity index (χ1v) is 13.6. The summed E-state index contributed by atoms with van der Waals surface area (Å²) in [4.78, 5) is 0. The van der Waals surface area contributed by atoms with E-state index in [1.165, 1.54) is 83.5 Å². The van der Waals surface area contributed by atoms with E-state index in [1.807, 2.05) is 0 Å². The van der Waals surface area contributed by atoms with E-state index in [4.69, 9.17) is 24.7 Å². The molecular weight excluding hydrogens is 438 g/mol. The minimum absolute atomic E-state index is 0.175. The molecule has 204 valence electrons. The summed E-state index contributed by atoms with van der Waals surface area (Å²) in [6.45, 7) is 3.10. The van der Waals surface area contributed by atoms with Crippen LogP contribution in [0.5, 0.6) is 0 Å². The normalized spacial score (nSPS) is 26.1. The Kier molecular flexibility index (Phi) is 19.4. The summed E-state index contributed by atoms with van der Waals surface area (Å²) in [7, 11) is 1.58. The van der Waals surface area contributed by atoms with E-state index in [1.54, 1.807) is 7.11 Å². The van der Waals surface area contributed by atoms with Gasteiger partial charge < -0.3 is 40.0 Å². The van der Waals surface area contributed by atoms with Crippen molar-refractivity contribution >= 4 is 0 Å². The number of nitrogens with two attached hydrogens (primary N) is 1. The molecule has 8 nitrogen and oxygen atoms in total. The van der Waals surface area contributed by atoms with Crippen LogP contribution in [-0.4, -0.2) is 85.6 Å². The van der Waals surface area contributed by atoms with E-state index in [0.29, 0.717) is 13.2 Å². The van der Waals surface area contributed by atoms with E-state index >= 15 is 0 Å². The summed E-state index contributed by atoms with van der Waals surface area (Å²) in [5.41, 5.74) is 5.88. The first-order chi connectivity index (χ1) is 16.5. The van der Waals surface area contributed by atoms with Crippen molar-refractivity contribution < 1.29 is 34.3 Å². The monoisotopic (exact) mass is 491 g/mol. The Morgan fingerprint density at radius 3 is 1.82 bits per heavy atom. The molecule has 0 radical (unpaired) electrons. The molecule has 0 bridgehead atoms. The Labute approximate surface area is 207 Å². The average Bonchev–Trinajstić information content (AvgIpc) is 2.85. The van der Waals surface area contributed by atoms with Crippen LogP contribution in [0.1, 0.15) is 96.8 Å². The van der Waals surface area contributed by atoms with Gasteiger partial charge >= 0.3 is 0 Å². The predicted molar refractivity (Wildman–Crippen MR) is 134 cm³/mol. The second kappa shape index (κ2) is 20.8. The van der Waals surface area contributed by atoms with Crippen LogP contribution < -0.4 is 5.73 Å². The van der Waals surface area contributed by atoms with Gasteiger partial charge in [-0.15, -0.1) is 0 Å². The first-order valence-electron chi connectivity index (χ1n) is 13.6. The number of aliphatic hydroxyl groups excluding tert-OH is 3. The maximum Gasteiger partial charge on any atom is 0.175 e. The Bertz CT molecular complexity index is 455. The zero-order valence-corrected chi connectivity index (χ0v) is 21.7. The molecule has 0 aromatic heterocycles. The summed E-state index contributed by atoms with van der Waals surface area (Å²) >= 11 is 0. The van der Waals surface area contributed by atoms with Crippen molar-refractivity contribution in [1.82, 2.24) is 0 Å². The van der Waals surface area contributed by atoms with Gasteiger partial charge in [-0.3, -0.25) is 0 Å². The second-order valence-electron chi connectivity index (χ2n) is 9.65. The maximum atomic E-state index is 10.00. The molecule has 1 fully saturated rings. The zero-order valence-electron chi connectivity index (χ0n) is 21.7. The minimum atomic E-state index is -1.24. The van der Waals surface area contributed by atoms with Crippen molar-refractivity contribution in [3.8, 4) is 0 Å². The predicted octanol–water partition coefficient (Wildman–Crippen LogP) is 3.28. The minimum Gasteiger partial charge on any atom is -0.394 e. The molecule has 8 heteroatoms. The molecule has 0 amide bonds. The Morgan fingerprint density at radius 1 is 0.794 bits per heavy atom.